The van der Waals surface area contributed by atoms with Crippen LogP contribution in [0.3, 0.4) is 0 Å². The number of ether oxygens (including phenoxy) is 2. The van der Waals surface area contributed by atoms with Crippen LogP contribution in [0, 0.1) is 0 Å². The van der Waals surface area contributed by atoms with Crippen LogP contribution in [0.1, 0.15) is 19.6 Å². The van der Waals surface area contributed by atoms with E-state index in [0.29, 0.717) is 29.4 Å². The molecule has 0 bridgehead atoms. The number of anilines is 1. The Bertz CT molecular complexity index is 965. The van der Waals surface area contributed by atoms with E-state index in [-0.39, 0.29) is 17.0 Å². The van der Waals surface area contributed by atoms with E-state index < -0.39 is 17.8 Å². The van der Waals surface area contributed by atoms with E-state index in [1.54, 1.807) is 31.2 Å². The van der Waals surface area contributed by atoms with Crippen LogP contribution >= 0.6 is 15.9 Å². The average Bonchev–Trinajstić information content (AvgIpc) is 3.06. The van der Waals surface area contributed by atoms with E-state index in [1.807, 2.05) is 6.92 Å². The van der Waals surface area contributed by atoms with Crippen molar-refractivity contribution in [1.82, 2.24) is 5.32 Å². The van der Waals surface area contributed by atoms with Gasteiger partial charge in [-0.25, -0.2) is 9.69 Å². The number of furan rings is 1. The zero-order chi connectivity index (χ0) is 20.3. The van der Waals surface area contributed by atoms with Crippen molar-refractivity contribution in [2.75, 3.05) is 18.1 Å². The molecule has 0 radical (unpaired) electrons. The van der Waals surface area contributed by atoms with Crippen LogP contribution in [0.15, 0.2) is 45.0 Å². The van der Waals surface area contributed by atoms with Crippen molar-refractivity contribution in [2.24, 2.45) is 0 Å². The summed E-state index contributed by atoms with van der Waals surface area (Å²) in [5.41, 5.74) is -0.0694. The molecule has 3 rings (SSSR count). The van der Waals surface area contributed by atoms with Crippen LogP contribution < -0.4 is 19.7 Å². The Balaban J connectivity index is 2.06. The number of imide groups is 2. The number of rotatable bonds is 6. The Morgan fingerprint density at radius 1 is 1.11 bits per heavy atom. The maximum absolute atomic E-state index is 13.0. The molecular weight excluding hydrogens is 432 g/mol. The van der Waals surface area contributed by atoms with Crippen LogP contribution in [-0.4, -0.2) is 31.1 Å². The number of carbonyl (C=O) groups excluding carboxylic acids is 3. The highest BCUT2D eigenvalue weighted by Crippen LogP contribution is 2.35. The molecule has 1 aromatic carbocycles. The lowest BCUT2D eigenvalue weighted by atomic mass is 10.1. The number of barbiturate groups is 1. The maximum atomic E-state index is 13.0. The van der Waals surface area contributed by atoms with Gasteiger partial charge in [-0.05, 0) is 60.1 Å². The molecule has 0 aliphatic carbocycles. The molecule has 0 spiro atoms. The monoisotopic (exact) mass is 448 g/mol. The Hall–Kier alpha value is -3.07. The molecule has 1 saturated heterocycles. The molecule has 4 amide bonds. The summed E-state index contributed by atoms with van der Waals surface area (Å²) in [4.78, 5) is 38.5. The third kappa shape index (κ3) is 3.94. The first-order valence-electron chi connectivity index (χ1n) is 8.51. The topological polar surface area (TPSA) is 98.1 Å². The summed E-state index contributed by atoms with van der Waals surface area (Å²) in [6, 6.07) is 7.13. The fraction of sp³-hybridized carbons (Fsp3) is 0.211. The van der Waals surface area contributed by atoms with Crippen molar-refractivity contribution in [3.63, 3.8) is 0 Å². The first kappa shape index (κ1) is 19.7. The van der Waals surface area contributed by atoms with Gasteiger partial charge in [0.25, 0.3) is 11.8 Å². The molecule has 2 aromatic rings. The van der Waals surface area contributed by atoms with E-state index in [1.165, 1.54) is 12.1 Å². The minimum atomic E-state index is -0.873. The van der Waals surface area contributed by atoms with E-state index in [4.69, 9.17) is 13.9 Å². The van der Waals surface area contributed by atoms with Gasteiger partial charge >= 0.3 is 6.03 Å². The van der Waals surface area contributed by atoms with E-state index in [2.05, 4.69) is 21.2 Å². The fourth-order valence-corrected chi connectivity index (χ4v) is 2.95. The number of halogens is 1. The van der Waals surface area contributed by atoms with Crippen molar-refractivity contribution in [3.8, 4) is 11.5 Å². The number of hydrogen-bond donors (Lipinski definition) is 1. The smallest absolute Gasteiger partial charge is 0.336 e. The van der Waals surface area contributed by atoms with Gasteiger partial charge in [-0.2, -0.15) is 0 Å². The van der Waals surface area contributed by atoms with Gasteiger partial charge in [0.15, 0.2) is 4.67 Å². The van der Waals surface area contributed by atoms with Gasteiger partial charge in [0.2, 0.25) is 0 Å². The molecule has 1 fully saturated rings. The Kier molecular flexibility index (Phi) is 5.84. The van der Waals surface area contributed by atoms with Crippen molar-refractivity contribution in [2.45, 2.75) is 13.8 Å². The van der Waals surface area contributed by atoms with Crippen molar-refractivity contribution in [1.29, 1.82) is 0 Å². The van der Waals surface area contributed by atoms with Gasteiger partial charge in [0, 0.05) is 6.07 Å². The van der Waals surface area contributed by atoms with Crippen molar-refractivity contribution >= 4 is 45.5 Å². The minimum Gasteiger partial charge on any atom is -0.494 e. The molecular formula is C19H17BrN2O6. The number of hydrogen-bond acceptors (Lipinski definition) is 6. The average molecular weight is 449 g/mol. The van der Waals surface area contributed by atoms with Gasteiger partial charge in [-0.15, -0.1) is 0 Å². The number of nitrogens with one attached hydrogen (secondary N) is 1. The third-order valence-electron chi connectivity index (χ3n) is 3.76. The van der Waals surface area contributed by atoms with Crippen molar-refractivity contribution in [3.05, 3.63) is 46.3 Å². The second-order valence-corrected chi connectivity index (χ2v) is 6.38. The number of amides is 4. The SMILES string of the molecule is CCOc1ccc(OCC)c(N2C(=O)NC(=O)C(=Cc3ccc(Br)o3)C2=O)c1. The summed E-state index contributed by atoms with van der Waals surface area (Å²) in [5, 5.41) is 2.17. The molecule has 146 valence electrons. The number of nitrogens with zero attached hydrogens (tertiary/aromatic N) is 1. The summed E-state index contributed by atoms with van der Waals surface area (Å²) in [6.45, 7) is 4.33. The standard InChI is InChI=1S/C19H17BrN2O6/c1-3-26-11-5-7-15(27-4-2)14(10-11)22-18(24)13(17(23)21-19(22)25)9-12-6-8-16(20)28-12/h5-10H,3-4H2,1-2H3,(H,21,23,25). The molecule has 0 atom stereocenters. The van der Waals surface area contributed by atoms with Gasteiger partial charge in [-0.3, -0.25) is 14.9 Å². The first-order valence-corrected chi connectivity index (χ1v) is 9.30. The number of benzene rings is 1. The zero-order valence-corrected chi connectivity index (χ0v) is 16.7. The van der Waals surface area contributed by atoms with Gasteiger partial charge < -0.3 is 13.9 Å². The van der Waals surface area contributed by atoms with Crippen molar-refractivity contribution < 1.29 is 28.3 Å². The maximum Gasteiger partial charge on any atom is 0.336 e. The van der Waals surface area contributed by atoms with E-state index in [0.717, 1.165) is 4.90 Å². The predicted molar refractivity (Wildman–Crippen MR) is 104 cm³/mol. The fourth-order valence-electron chi connectivity index (χ4n) is 2.63. The van der Waals surface area contributed by atoms with Gasteiger partial charge in [0.05, 0.1) is 18.9 Å². The quantitative estimate of drug-likeness (QED) is 0.536. The molecule has 1 aliphatic heterocycles. The highest BCUT2D eigenvalue weighted by atomic mass is 79.9. The molecule has 1 N–H and O–H groups in total. The van der Waals surface area contributed by atoms with E-state index in [9.17, 15) is 14.4 Å². The van der Waals surface area contributed by atoms with E-state index >= 15 is 0 Å². The van der Waals surface area contributed by atoms with Crippen LogP contribution in [-0.2, 0) is 9.59 Å². The lowest BCUT2D eigenvalue weighted by Crippen LogP contribution is -2.54. The number of carbonyl (C=O) groups is 3. The molecule has 28 heavy (non-hydrogen) atoms. The highest BCUT2D eigenvalue weighted by Gasteiger charge is 2.38. The summed E-state index contributed by atoms with van der Waals surface area (Å²) in [7, 11) is 0. The minimum absolute atomic E-state index is 0.175. The summed E-state index contributed by atoms with van der Waals surface area (Å²) >= 11 is 3.16. The lowest BCUT2D eigenvalue weighted by Gasteiger charge is -2.28. The largest absolute Gasteiger partial charge is 0.494 e. The Morgan fingerprint density at radius 3 is 2.50 bits per heavy atom. The summed E-state index contributed by atoms with van der Waals surface area (Å²) in [5.74, 6) is -0.552. The molecule has 0 unspecified atom stereocenters. The number of urea groups is 1. The Morgan fingerprint density at radius 2 is 1.86 bits per heavy atom. The molecule has 1 aromatic heterocycles. The highest BCUT2D eigenvalue weighted by molar-refractivity contribution is 9.10. The second-order valence-electron chi connectivity index (χ2n) is 5.60. The normalized spacial score (nSPS) is 15.8. The summed E-state index contributed by atoms with van der Waals surface area (Å²) < 4.78 is 16.8. The molecule has 1 aliphatic rings. The van der Waals surface area contributed by atoms with Crippen LogP contribution in [0.25, 0.3) is 6.08 Å². The first-order chi connectivity index (χ1) is 13.4. The summed E-state index contributed by atoms with van der Waals surface area (Å²) in [6.07, 6.45) is 1.27. The molecule has 8 nitrogen and oxygen atoms in total. The molecule has 9 heteroatoms. The van der Waals surface area contributed by atoms with Crippen LogP contribution in [0.4, 0.5) is 10.5 Å². The Labute approximate surface area is 169 Å². The zero-order valence-electron chi connectivity index (χ0n) is 15.2. The lowest BCUT2D eigenvalue weighted by molar-refractivity contribution is -0.122. The van der Waals surface area contributed by atoms with Gasteiger partial charge in [0.1, 0.15) is 22.8 Å². The molecule has 2 heterocycles. The van der Waals surface area contributed by atoms with Gasteiger partial charge in [-0.1, -0.05) is 0 Å². The predicted octanol–water partition coefficient (Wildman–Crippen LogP) is 3.51. The third-order valence-corrected chi connectivity index (χ3v) is 4.19. The van der Waals surface area contributed by atoms with Crippen LogP contribution in [0.2, 0.25) is 0 Å². The molecule has 0 saturated carbocycles. The van der Waals surface area contributed by atoms with Crippen LogP contribution in [0.5, 0.6) is 11.5 Å². The second kappa shape index (κ2) is 8.30.